The topological polar surface area (TPSA) is 103 Å². The van der Waals surface area contributed by atoms with Crippen LogP contribution in [0.5, 0.6) is 5.75 Å². The second-order valence-corrected chi connectivity index (χ2v) is 8.17. The molecule has 0 spiro atoms. The summed E-state index contributed by atoms with van der Waals surface area (Å²) in [5, 5.41) is 0.899. The van der Waals surface area contributed by atoms with E-state index in [0.29, 0.717) is 41.9 Å². The number of halogens is 2. The summed E-state index contributed by atoms with van der Waals surface area (Å²) in [4.78, 5) is 29.4. The first-order valence-electron chi connectivity index (χ1n) is 10.4. The molecule has 0 saturated carbocycles. The van der Waals surface area contributed by atoms with E-state index >= 15 is 0 Å². The summed E-state index contributed by atoms with van der Waals surface area (Å²) in [5.41, 5.74) is 6.34. The Morgan fingerprint density at radius 1 is 1.06 bits per heavy atom. The zero-order valence-electron chi connectivity index (χ0n) is 18.2. The molecule has 0 fully saturated rings. The summed E-state index contributed by atoms with van der Waals surface area (Å²) >= 11 is 12.1. The number of hydrogen-bond donors (Lipinski definition) is 2. The Morgan fingerprint density at radius 3 is 2.52 bits per heavy atom. The van der Waals surface area contributed by atoms with Crippen LogP contribution in [0.1, 0.15) is 12.0 Å². The van der Waals surface area contributed by atoms with E-state index < -0.39 is 11.2 Å². The summed E-state index contributed by atoms with van der Waals surface area (Å²) in [6.07, 6.45) is 0.648. The van der Waals surface area contributed by atoms with Gasteiger partial charge in [0.25, 0.3) is 5.56 Å². The molecule has 0 radical (unpaired) electrons. The maximum absolute atomic E-state index is 12.8. The Bertz CT molecular complexity index is 1180. The summed E-state index contributed by atoms with van der Waals surface area (Å²) < 4.78 is 12.3. The van der Waals surface area contributed by atoms with E-state index in [4.69, 9.17) is 38.4 Å². The molecule has 0 aliphatic carbocycles. The number of aromatic amines is 1. The monoisotopic (exact) mass is 492 g/mol. The van der Waals surface area contributed by atoms with Crippen molar-refractivity contribution in [1.29, 1.82) is 0 Å². The van der Waals surface area contributed by atoms with E-state index in [9.17, 15) is 9.59 Å². The zero-order chi connectivity index (χ0) is 23.8. The van der Waals surface area contributed by atoms with E-state index in [2.05, 4.69) is 4.98 Å². The predicted octanol–water partition coefficient (Wildman–Crippen LogP) is 3.40. The summed E-state index contributed by atoms with van der Waals surface area (Å²) in [6, 6.07) is 14.4. The molecule has 2 aromatic carbocycles. The minimum Gasteiger partial charge on any atom is -0.490 e. The standard InChI is InChI=1S/C23H26Cl2N4O4/c1-32-12-5-10-28(11-13-33-19-9-8-17(24)14-18(19)25)20-21(26)29(23(31)27-22(20)30)15-16-6-3-2-4-7-16/h2-4,6-9,14H,5,10-13,15,26H2,1H3,(H,27,30,31). The molecule has 0 unspecified atom stereocenters. The number of nitrogens with one attached hydrogen (secondary N) is 1. The Balaban J connectivity index is 1.86. The fourth-order valence-electron chi connectivity index (χ4n) is 3.40. The van der Waals surface area contributed by atoms with E-state index in [-0.39, 0.29) is 24.7 Å². The van der Waals surface area contributed by atoms with Gasteiger partial charge in [0.1, 0.15) is 23.9 Å². The van der Waals surface area contributed by atoms with E-state index in [1.165, 1.54) is 4.57 Å². The van der Waals surface area contributed by atoms with Crippen LogP contribution in [-0.2, 0) is 11.3 Å². The first-order valence-corrected chi connectivity index (χ1v) is 11.1. The third-order valence-corrected chi connectivity index (χ3v) is 5.53. The van der Waals surface area contributed by atoms with Gasteiger partial charge in [0.2, 0.25) is 0 Å². The fourth-order valence-corrected chi connectivity index (χ4v) is 3.86. The molecule has 0 bridgehead atoms. The Labute approximate surface area is 201 Å². The van der Waals surface area contributed by atoms with Crippen molar-refractivity contribution in [2.24, 2.45) is 0 Å². The number of nitrogens with zero attached hydrogens (tertiary/aromatic N) is 2. The molecule has 0 aliphatic rings. The van der Waals surface area contributed by atoms with Crippen molar-refractivity contribution in [2.45, 2.75) is 13.0 Å². The number of nitrogen functional groups attached to an aromatic ring is 1. The van der Waals surface area contributed by atoms with Crippen LogP contribution in [0.4, 0.5) is 11.5 Å². The van der Waals surface area contributed by atoms with Gasteiger partial charge in [-0.3, -0.25) is 14.3 Å². The number of rotatable bonds is 11. The average Bonchev–Trinajstić information content (AvgIpc) is 2.78. The molecule has 176 valence electrons. The lowest BCUT2D eigenvalue weighted by Crippen LogP contribution is -2.40. The number of ether oxygens (including phenoxy) is 2. The van der Waals surface area contributed by atoms with Crippen LogP contribution in [0.25, 0.3) is 0 Å². The largest absolute Gasteiger partial charge is 0.490 e. The highest BCUT2D eigenvalue weighted by Crippen LogP contribution is 2.27. The quantitative estimate of drug-likeness (QED) is 0.397. The van der Waals surface area contributed by atoms with Crippen LogP contribution in [-0.4, -0.2) is 43.0 Å². The van der Waals surface area contributed by atoms with Crippen molar-refractivity contribution in [3.05, 3.63) is 85.0 Å². The van der Waals surface area contributed by atoms with Crippen molar-refractivity contribution in [2.75, 3.05) is 44.0 Å². The number of nitrogens with two attached hydrogens (primary N) is 1. The minimum atomic E-state index is -0.564. The molecule has 0 atom stereocenters. The number of methoxy groups -OCH3 is 1. The van der Waals surface area contributed by atoms with Crippen molar-refractivity contribution in [3.63, 3.8) is 0 Å². The SMILES string of the molecule is COCCCN(CCOc1ccc(Cl)cc1Cl)c1c(N)n(Cc2ccccc2)c(=O)[nH]c1=O. The summed E-state index contributed by atoms with van der Waals surface area (Å²) in [5.74, 6) is 0.573. The highest BCUT2D eigenvalue weighted by atomic mass is 35.5. The number of aromatic nitrogens is 2. The maximum Gasteiger partial charge on any atom is 0.330 e. The summed E-state index contributed by atoms with van der Waals surface area (Å²) in [6.45, 7) is 1.77. The molecule has 1 aromatic heterocycles. The molecule has 8 nitrogen and oxygen atoms in total. The third kappa shape index (κ3) is 6.54. The highest BCUT2D eigenvalue weighted by Gasteiger charge is 2.19. The van der Waals surface area contributed by atoms with Gasteiger partial charge in [0, 0.05) is 25.3 Å². The maximum atomic E-state index is 12.8. The van der Waals surface area contributed by atoms with Gasteiger partial charge in [-0.15, -0.1) is 0 Å². The molecule has 33 heavy (non-hydrogen) atoms. The Morgan fingerprint density at radius 2 is 1.82 bits per heavy atom. The molecule has 3 rings (SSSR count). The fraction of sp³-hybridized carbons (Fsp3) is 0.304. The van der Waals surface area contributed by atoms with Gasteiger partial charge in [-0.25, -0.2) is 4.79 Å². The molecule has 0 saturated heterocycles. The molecule has 3 aromatic rings. The average molecular weight is 493 g/mol. The number of hydrogen-bond acceptors (Lipinski definition) is 6. The molecular weight excluding hydrogens is 467 g/mol. The van der Waals surface area contributed by atoms with E-state index in [0.717, 1.165) is 5.56 Å². The Hall–Kier alpha value is -2.94. The highest BCUT2D eigenvalue weighted by molar-refractivity contribution is 6.35. The Kier molecular flexibility index (Phi) is 8.82. The number of benzene rings is 2. The first-order chi connectivity index (χ1) is 15.9. The van der Waals surface area contributed by atoms with Crippen LogP contribution >= 0.6 is 23.2 Å². The van der Waals surface area contributed by atoms with Gasteiger partial charge < -0.3 is 20.1 Å². The van der Waals surface area contributed by atoms with Crippen LogP contribution < -0.4 is 26.6 Å². The second kappa shape index (κ2) is 11.8. The molecule has 0 amide bonds. The van der Waals surface area contributed by atoms with Crippen LogP contribution in [0.2, 0.25) is 10.0 Å². The lowest BCUT2D eigenvalue weighted by molar-refractivity contribution is 0.195. The number of anilines is 2. The van der Waals surface area contributed by atoms with Gasteiger partial charge in [-0.1, -0.05) is 53.5 Å². The van der Waals surface area contributed by atoms with Gasteiger partial charge in [0.15, 0.2) is 0 Å². The normalized spacial score (nSPS) is 10.9. The van der Waals surface area contributed by atoms with E-state index in [1.54, 1.807) is 30.2 Å². The van der Waals surface area contributed by atoms with Gasteiger partial charge in [-0.05, 0) is 30.2 Å². The first kappa shape index (κ1) is 24.7. The molecule has 0 aliphatic heterocycles. The smallest absolute Gasteiger partial charge is 0.330 e. The van der Waals surface area contributed by atoms with Crippen molar-refractivity contribution in [3.8, 4) is 5.75 Å². The van der Waals surface area contributed by atoms with Crippen LogP contribution in [0, 0.1) is 0 Å². The van der Waals surface area contributed by atoms with Crippen molar-refractivity contribution in [1.82, 2.24) is 9.55 Å². The number of H-pyrrole nitrogens is 1. The van der Waals surface area contributed by atoms with Gasteiger partial charge >= 0.3 is 5.69 Å². The molecule has 3 N–H and O–H groups in total. The van der Waals surface area contributed by atoms with Crippen LogP contribution in [0.15, 0.2) is 58.1 Å². The van der Waals surface area contributed by atoms with Gasteiger partial charge in [0.05, 0.1) is 18.1 Å². The van der Waals surface area contributed by atoms with E-state index in [1.807, 2.05) is 30.3 Å². The molecular formula is C23H26Cl2N4O4. The molecule has 1 heterocycles. The zero-order valence-corrected chi connectivity index (χ0v) is 19.7. The molecule has 10 heteroatoms. The van der Waals surface area contributed by atoms with Crippen LogP contribution in [0.3, 0.4) is 0 Å². The minimum absolute atomic E-state index is 0.0922. The predicted molar refractivity (Wildman–Crippen MR) is 132 cm³/mol. The third-order valence-electron chi connectivity index (χ3n) is 5.00. The summed E-state index contributed by atoms with van der Waals surface area (Å²) in [7, 11) is 1.61. The van der Waals surface area contributed by atoms with Crippen molar-refractivity contribution >= 4 is 34.7 Å². The lowest BCUT2D eigenvalue weighted by Gasteiger charge is -2.26. The van der Waals surface area contributed by atoms with Crippen molar-refractivity contribution < 1.29 is 9.47 Å². The van der Waals surface area contributed by atoms with Gasteiger partial charge in [-0.2, -0.15) is 0 Å². The lowest BCUT2D eigenvalue weighted by atomic mass is 10.2. The second-order valence-electron chi connectivity index (χ2n) is 7.32.